The summed E-state index contributed by atoms with van der Waals surface area (Å²) in [5, 5.41) is 16.6. The largest absolute Gasteiger partial charge is 0.394 e. The molecule has 0 saturated carbocycles. The summed E-state index contributed by atoms with van der Waals surface area (Å²) in [6.07, 6.45) is 2.37. The molecule has 0 spiro atoms. The zero-order chi connectivity index (χ0) is 14.4. The van der Waals surface area contributed by atoms with Crippen LogP contribution in [0.1, 0.15) is 13.3 Å². The zero-order valence-corrected chi connectivity index (χ0v) is 11.8. The normalized spacial score (nSPS) is 28.6. The molecule has 4 N–H and O–H groups in total. The average Bonchev–Trinajstić information content (AvgIpc) is 2.41. The van der Waals surface area contributed by atoms with Crippen LogP contribution < -0.4 is 16.0 Å². The number of thioether (sulfide) groups is 1. The van der Waals surface area contributed by atoms with Crippen LogP contribution >= 0.6 is 11.8 Å². The van der Waals surface area contributed by atoms with E-state index < -0.39 is 42.5 Å². The number of carbonyl (C=O) groups is 3. The number of nitrogens with one attached hydrogen (secondary N) is 3. The quantitative estimate of drug-likeness (QED) is 0.489. The van der Waals surface area contributed by atoms with Gasteiger partial charge >= 0.3 is 0 Å². The summed E-state index contributed by atoms with van der Waals surface area (Å²) in [5.74, 6) is -0.722. The van der Waals surface area contributed by atoms with E-state index in [1.165, 1.54) is 6.92 Å². The summed E-state index contributed by atoms with van der Waals surface area (Å²) < 4.78 is 0. The number of hydrogen-bond donors (Lipinski definition) is 4. The van der Waals surface area contributed by atoms with Crippen LogP contribution in [-0.2, 0) is 14.4 Å². The highest BCUT2D eigenvalue weighted by molar-refractivity contribution is 7.98. The van der Waals surface area contributed by atoms with Crippen molar-refractivity contribution in [1.29, 1.82) is 0 Å². The van der Waals surface area contributed by atoms with Crippen molar-refractivity contribution >= 4 is 29.5 Å². The SMILES string of the molecule is CSCC[C@@H]1NC(=O)[C@H](C)NC(=O)[C@H](CO)NC1=O. The van der Waals surface area contributed by atoms with Crippen molar-refractivity contribution in [3.63, 3.8) is 0 Å². The number of carbonyl (C=O) groups excluding carboxylic acids is 3. The molecule has 0 aliphatic carbocycles. The first-order valence-corrected chi connectivity index (χ1v) is 7.40. The van der Waals surface area contributed by atoms with Gasteiger partial charge in [-0.1, -0.05) is 0 Å². The van der Waals surface area contributed by atoms with E-state index in [9.17, 15) is 14.4 Å². The minimum atomic E-state index is -1.03. The molecule has 0 unspecified atom stereocenters. The van der Waals surface area contributed by atoms with E-state index in [-0.39, 0.29) is 0 Å². The molecule has 0 bridgehead atoms. The molecular formula is C11H19N3O4S. The van der Waals surface area contributed by atoms with Gasteiger partial charge in [0.2, 0.25) is 17.7 Å². The van der Waals surface area contributed by atoms with Crippen LogP contribution in [0.3, 0.4) is 0 Å². The maximum Gasteiger partial charge on any atom is 0.245 e. The molecule has 1 aliphatic rings. The molecule has 1 heterocycles. The van der Waals surface area contributed by atoms with Crippen molar-refractivity contribution in [2.24, 2.45) is 0 Å². The molecule has 1 saturated heterocycles. The van der Waals surface area contributed by atoms with E-state index in [2.05, 4.69) is 16.0 Å². The molecule has 108 valence electrons. The molecule has 1 aliphatic heterocycles. The Morgan fingerprint density at radius 1 is 1.05 bits per heavy atom. The van der Waals surface area contributed by atoms with Crippen LogP contribution in [0.4, 0.5) is 0 Å². The van der Waals surface area contributed by atoms with Crippen LogP contribution in [0.25, 0.3) is 0 Å². The molecule has 3 atom stereocenters. The Bertz CT molecular complexity index is 364. The Kier molecular flexibility index (Phi) is 6.10. The lowest BCUT2D eigenvalue weighted by atomic mass is 10.2. The first-order chi connectivity index (χ1) is 8.99. The Balaban J connectivity index is 2.87. The third-order valence-electron chi connectivity index (χ3n) is 2.81. The van der Waals surface area contributed by atoms with Crippen LogP contribution in [0.5, 0.6) is 0 Å². The first-order valence-electron chi connectivity index (χ1n) is 6.00. The molecule has 0 aromatic carbocycles. The lowest BCUT2D eigenvalue weighted by Gasteiger charge is -2.18. The van der Waals surface area contributed by atoms with E-state index in [0.29, 0.717) is 12.2 Å². The lowest BCUT2D eigenvalue weighted by molar-refractivity contribution is -0.130. The average molecular weight is 289 g/mol. The van der Waals surface area contributed by atoms with Crippen molar-refractivity contribution in [3.8, 4) is 0 Å². The fourth-order valence-electron chi connectivity index (χ4n) is 1.65. The highest BCUT2D eigenvalue weighted by Gasteiger charge is 2.31. The zero-order valence-electron chi connectivity index (χ0n) is 10.9. The van der Waals surface area contributed by atoms with E-state index in [4.69, 9.17) is 5.11 Å². The van der Waals surface area contributed by atoms with E-state index >= 15 is 0 Å². The van der Waals surface area contributed by atoms with Crippen LogP contribution in [0.2, 0.25) is 0 Å². The number of aliphatic hydroxyl groups is 1. The summed E-state index contributed by atoms with van der Waals surface area (Å²) >= 11 is 1.56. The number of hydrogen-bond acceptors (Lipinski definition) is 5. The first kappa shape index (κ1) is 15.8. The van der Waals surface area contributed by atoms with Crippen molar-refractivity contribution < 1.29 is 19.5 Å². The van der Waals surface area contributed by atoms with Crippen molar-refractivity contribution in [3.05, 3.63) is 0 Å². The molecule has 1 fully saturated rings. The molecule has 7 nitrogen and oxygen atoms in total. The molecule has 1 rings (SSSR count). The molecular weight excluding hydrogens is 270 g/mol. The number of rotatable bonds is 4. The molecule has 19 heavy (non-hydrogen) atoms. The summed E-state index contributed by atoms with van der Waals surface area (Å²) in [5.41, 5.74) is 0. The highest BCUT2D eigenvalue weighted by Crippen LogP contribution is 2.04. The van der Waals surface area contributed by atoms with Gasteiger partial charge in [0.25, 0.3) is 0 Å². The second kappa shape index (κ2) is 7.34. The Morgan fingerprint density at radius 2 is 1.63 bits per heavy atom. The van der Waals surface area contributed by atoms with Gasteiger partial charge in [-0.25, -0.2) is 0 Å². The smallest absolute Gasteiger partial charge is 0.245 e. The van der Waals surface area contributed by atoms with Gasteiger partial charge in [0.15, 0.2) is 0 Å². The van der Waals surface area contributed by atoms with Crippen molar-refractivity contribution in [1.82, 2.24) is 16.0 Å². The second-order valence-electron chi connectivity index (χ2n) is 4.32. The topological polar surface area (TPSA) is 108 Å². The van der Waals surface area contributed by atoms with Gasteiger partial charge in [-0.15, -0.1) is 0 Å². The maximum absolute atomic E-state index is 12.0. The van der Waals surface area contributed by atoms with Crippen LogP contribution in [-0.4, -0.2) is 59.6 Å². The van der Waals surface area contributed by atoms with Crippen molar-refractivity contribution in [2.75, 3.05) is 18.6 Å². The van der Waals surface area contributed by atoms with Gasteiger partial charge in [-0.2, -0.15) is 11.8 Å². The summed E-state index contributed by atoms with van der Waals surface area (Å²) in [6.45, 7) is 1.02. The Morgan fingerprint density at radius 3 is 2.21 bits per heavy atom. The fraction of sp³-hybridized carbons (Fsp3) is 0.727. The second-order valence-corrected chi connectivity index (χ2v) is 5.30. The van der Waals surface area contributed by atoms with Gasteiger partial charge in [-0.3, -0.25) is 14.4 Å². The van der Waals surface area contributed by atoms with Crippen molar-refractivity contribution in [2.45, 2.75) is 31.5 Å². The third-order valence-corrected chi connectivity index (χ3v) is 3.46. The monoisotopic (exact) mass is 289 g/mol. The van der Waals surface area contributed by atoms with Crippen LogP contribution in [0, 0.1) is 0 Å². The summed E-state index contributed by atoms with van der Waals surface area (Å²) in [6, 6.07) is -2.46. The summed E-state index contributed by atoms with van der Waals surface area (Å²) in [4.78, 5) is 35.5. The fourth-order valence-corrected chi connectivity index (χ4v) is 2.12. The Labute approximate surface area is 115 Å². The van der Waals surface area contributed by atoms with Gasteiger partial charge < -0.3 is 21.1 Å². The van der Waals surface area contributed by atoms with Crippen LogP contribution in [0.15, 0.2) is 0 Å². The predicted octanol–water partition coefficient (Wildman–Crippen LogP) is -1.78. The summed E-state index contributed by atoms with van der Waals surface area (Å²) in [7, 11) is 0. The standard InChI is InChI=1S/C11H19N3O4S/c1-6-9(16)13-7(3-4-19-2)10(17)14-8(5-15)11(18)12-6/h6-8,15H,3-5H2,1-2H3,(H,12,18)(H,13,16)(H,14,17)/t6-,7-,8-/m0/s1. The number of amides is 3. The molecule has 0 radical (unpaired) electrons. The molecule has 0 aromatic rings. The Hall–Kier alpha value is -1.28. The predicted molar refractivity (Wildman–Crippen MR) is 71.6 cm³/mol. The lowest BCUT2D eigenvalue weighted by Crippen LogP contribution is -2.52. The molecule has 8 heteroatoms. The van der Waals surface area contributed by atoms with Gasteiger partial charge in [-0.05, 0) is 25.4 Å². The highest BCUT2D eigenvalue weighted by atomic mass is 32.2. The van der Waals surface area contributed by atoms with E-state index in [0.717, 1.165) is 0 Å². The van der Waals surface area contributed by atoms with E-state index in [1.807, 2.05) is 6.26 Å². The number of aliphatic hydroxyl groups excluding tert-OH is 1. The van der Waals surface area contributed by atoms with E-state index in [1.54, 1.807) is 11.8 Å². The van der Waals surface area contributed by atoms with Gasteiger partial charge in [0.1, 0.15) is 18.1 Å². The molecule has 3 amide bonds. The minimum Gasteiger partial charge on any atom is -0.394 e. The third kappa shape index (κ3) is 4.39. The molecule has 0 aromatic heterocycles. The maximum atomic E-state index is 12.0. The minimum absolute atomic E-state index is 0.409. The van der Waals surface area contributed by atoms with Gasteiger partial charge in [0, 0.05) is 0 Å². The van der Waals surface area contributed by atoms with Gasteiger partial charge in [0.05, 0.1) is 6.61 Å².